The average Bonchev–Trinajstić information content (AvgIpc) is 2.67. The molecule has 0 aliphatic carbocycles. The highest BCUT2D eigenvalue weighted by Gasteiger charge is 1.89. The zero-order valence-electron chi connectivity index (χ0n) is 6.79. The summed E-state index contributed by atoms with van der Waals surface area (Å²) in [5.74, 6) is 0. The summed E-state index contributed by atoms with van der Waals surface area (Å²) in [4.78, 5) is 7.81. The lowest BCUT2D eigenvalue weighted by molar-refractivity contribution is -0.518. The van der Waals surface area contributed by atoms with E-state index in [1.807, 2.05) is 12.7 Å². The number of nitrogens with two attached hydrogens (primary N) is 2. The number of nitrogens with zero attached hydrogens (tertiary/aromatic N) is 2. The van der Waals surface area contributed by atoms with Gasteiger partial charge in [-0.1, -0.05) is 0 Å². The molecular weight excluding hydrogens is 288 g/mol. The second-order valence-electron chi connectivity index (χ2n) is 2.16. The van der Waals surface area contributed by atoms with Crippen molar-refractivity contribution in [3.05, 3.63) is 0 Å². The Morgan fingerprint density at radius 1 is 0.833 bits per heavy atom. The van der Waals surface area contributed by atoms with Gasteiger partial charge in [-0.15, -0.1) is 0 Å². The minimum Gasteiger partial charge on any atom is -1.00 e. The van der Waals surface area contributed by atoms with Crippen LogP contribution in [0.2, 0.25) is 0 Å². The first-order valence-electron chi connectivity index (χ1n) is 3.63. The van der Waals surface area contributed by atoms with E-state index in [1.54, 1.807) is 0 Å². The number of quaternary nitrogens is 2. The molecular formula is C6H14Br2N4. The summed E-state index contributed by atoms with van der Waals surface area (Å²) in [6.45, 7) is 4.33. The first-order valence-corrected chi connectivity index (χ1v) is 3.63. The van der Waals surface area contributed by atoms with Gasteiger partial charge in [-0.25, -0.2) is 9.98 Å². The third-order valence-corrected chi connectivity index (χ3v) is 1.27. The SMILES string of the molecule is C1=NCC[NH2+]1.C1=NCC[NH2+]1.[Br-].[Br-]. The molecule has 2 heterocycles. The summed E-state index contributed by atoms with van der Waals surface area (Å²) in [5.41, 5.74) is 0. The van der Waals surface area contributed by atoms with Crippen molar-refractivity contribution < 1.29 is 44.6 Å². The summed E-state index contributed by atoms with van der Waals surface area (Å²) in [7, 11) is 0. The molecule has 12 heavy (non-hydrogen) atoms. The van der Waals surface area contributed by atoms with E-state index in [4.69, 9.17) is 0 Å². The lowest BCUT2D eigenvalue weighted by Gasteiger charge is -1.68. The predicted octanol–water partition coefficient (Wildman–Crippen LogP) is -8.81. The van der Waals surface area contributed by atoms with Gasteiger partial charge in [0.05, 0.1) is 13.1 Å². The highest BCUT2D eigenvalue weighted by molar-refractivity contribution is 5.43. The molecule has 0 fully saturated rings. The number of aliphatic imine (C=N–C) groups is 2. The Labute approximate surface area is 93.5 Å². The van der Waals surface area contributed by atoms with Gasteiger partial charge in [-0.05, 0) is 0 Å². The minimum atomic E-state index is 0. The van der Waals surface area contributed by atoms with Gasteiger partial charge in [-0.3, -0.25) is 0 Å². The normalized spacial score (nSPS) is 17.3. The predicted molar refractivity (Wildman–Crippen MR) is 40.3 cm³/mol. The van der Waals surface area contributed by atoms with E-state index in [-0.39, 0.29) is 34.0 Å². The molecule has 4 nitrogen and oxygen atoms in total. The van der Waals surface area contributed by atoms with Crippen LogP contribution >= 0.6 is 0 Å². The van der Waals surface area contributed by atoms with E-state index >= 15 is 0 Å². The van der Waals surface area contributed by atoms with Crippen LogP contribution in [0.15, 0.2) is 9.98 Å². The van der Waals surface area contributed by atoms with E-state index in [0.717, 1.165) is 26.2 Å². The second-order valence-corrected chi connectivity index (χ2v) is 2.16. The Bertz CT molecular complexity index is 110. The molecule has 72 valence electrons. The maximum atomic E-state index is 3.90. The molecule has 0 aromatic heterocycles. The molecule has 0 aromatic rings. The fraction of sp³-hybridized carbons (Fsp3) is 0.667. The molecule has 0 aromatic carbocycles. The third kappa shape index (κ3) is 8.32. The van der Waals surface area contributed by atoms with Crippen LogP contribution < -0.4 is 44.6 Å². The first kappa shape index (κ1) is 14.7. The lowest BCUT2D eigenvalue weighted by atomic mass is 10.7. The Balaban J connectivity index is 0. The van der Waals surface area contributed by atoms with E-state index in [9.17, 15) is 0 Å². The topological polar surface area (TPSA) is 57.9 Å². The summed E-state index contributed by atoms with van der Waals surface area (Å²) in [5, 5.41) is 4.14. The monoisotopic (exact) mass is 300 g/mol. The summed E-state index contributed by atoms with van der Waals surface area (Å²) in [6.07, 6.45) is 3.72. The first-order chi connectivity index (χ1) is 5.00. The van der Waals surface area contributed by atoms with Crippen LogP contribution in [-0.4, -0.2) is 38.9 Å². The van der Waals surface area contributed by atoms with Gasteiger partial charge in [0.25, 0.3) is 0 Å². The zero-order chi connectivity index (χ0) is 7.07. The molecule has 0 saturated carbocycles. The van der Waals surface area contributed by atoms with Crippen LogP contribution in [0.4, 0.5) is 0 Å². The smallest absolute Gasteiger partial charge is 0.182 e. The summed E-state index contributed by atoms with van der Waals surface area (Å²) in [6, 6.07) is 0. The lowest BCUT2D eigenvalue weighted by Crippen LogP contribution is -3.00. The molecule has 0 atom stereocenters. The Morgan fingerprint density at radius 2 is 1.25 bits per heavy atom. The maximum absolute atomic E-state index is 3.90. The van der Waals surface area contributed by atoms with E-state index in [0.29, 0.717) is 0 Å². The minimum absolute atomic E-state index is 0. The van der Waals surface area contributed by atoms with E-state index < -0.39 is 0 Å². The molecule has 0 saturated heterocycles. The van der Waals surface area contributed by atoms with Crippen molar-refractivity contribution in [2.45, 2.75) is 0 Å². The number of hydrogen-bond acceptors (Lipinski definition) is 2. The number of hydrogen-bond donors (Lipinski definition) is 2. The molecule has 0 spiro atoms. The molecule has 4 N–H and O–H groups in total. The quantitative estimate of drug-likeness (QED) is 0.447. The van der Waals surface area contributed by atoms with Crippen LogP contribution in [-0.2, 0) is 0 Å². The number of halogens is 2. The van der Waals surface area contributed by atoms with Gasteiger partial charge < -0.3 is 44.6 Å². The van der Waals surface area contributed by atoms with Gasteiger partial charge in [0.15, 0.2) is 12.7 Å². The van der Waals surface area contributed by atoms with Crippen molar-refractivity contribution >= 4 is 12.7 Å². The van der Waals surface area contributed by atoms with Gasteiger partial charge >= 0.3 is 0 Å². The van der Waals surface area contributed by atoms with Crippen LogP contribution in [0.3, 0.4) is 0 Å². The Kier molecular flexibility index (Phi) is 13.8. The van der Waals surface area contributed by atoms with Gasteiger partial charge in [-0.2, -0.15) is 0 Å². The highest BCUT2D eigenvalue weighted by atomic mass is 79.9. The average molecular weight is 302 g/mol. The molecule has 6 heteroatoms. The molecule has 0 amide bonds. The molecule has 2 rings (SSSR count). The van der Waals surface area contributed by atoms with Crippen molar-refractivity contribution in [3.8, 4) is 0 Å². The zero-order valence-corrected chi connectivity index (χ0v) is 9.96. The third-order valence-electron chi connectivity index (χ3n) is 1.27. The molecule has 0 radical (unpaired) electrons. The fourth-order valence-corrected chi connectivity index (χ4v) is 0.745. The molecule has 0 unspecified atom stereocenters. The largest absolute Gasteiger partial charge is 1.00 e. The number of rotatable bonds is 0. The standard InChI is InChI=1S/2C3H6N2.2BrH/c2*1-2-5-3-4-1;;/h2*3H,1-2H2,(H,4,5);2*1H. The second kappa shape index (κ2) is 11.2. The summed E-state index contributed by atoms with van der Waals surface area (Å²) < 4.78 is 0. The molecule has 0 bridgehead atoms. The van der Waals surface area contributed by atoms with Crippen LogP contribution in [0, 0.1) is 0 Å². The summed E-state index contributed by atoms with van der Waals surface area (Å²) >= 11 is 0. The molecule has 2 aliphatic heterocycles. The fourth-order valence-electron chi connectivity index (χ4n) is 0.745. The molecule has 2 aliphatic rings. The van der Waals surface area contributed by atoms with E-state index in [2.05, 4.69) is 20.6 Å². The Hall–Kier alpha value is 0.220. The van der Waals surface area contributed by atoms with Crippen LogP contribution in [0.5, 0.6) is 0 Å². The van der Waals surface area contributed by atoms with Gasteiger partial charge in [0.1, 0.15) is 13.1 Å². The van der Waals surface area contributed by atoms with Crippen LogP contribution in [0.1, 0.15) is 0 Å². The highest BCUT2D eigenvalue weighted by Crippen LogP contribution is 1.59. The van der Waals surface area contributed by atoms with Gasteiger partial charge in [0, 0.05) is 0 Å². The maximum Gasteiger partial charge on any atom is 0.182 e. The van der Waals surface area contributed by atoms with E-state index in [1.165, 1.54) is 0 Å². The van der Waals surface area contributed by atoms with Crippen LogP contribution in [0.25, 0.3) is 0 Å². The van der Waals surface area contributed by atoms with Crippen molar-refractivity contribution in [1.29, 1.82) is 0 Å². The van der Waals surface area contributed by atoms with Crippen molar-refractivity contribution in [1.82, 2.24) is 0 Å². The van der Waals surface area contributed by atoms with Crippen molar-refractivity contribution in [3.63, 3.8) is 0 Å². The Morgan fingerprint density at radius 3 is 1.33 bits per heavy atom. The van der Waals surface area contributed by atoms with Crippen molar-refractivity contribution in [2.75, 3.05) is 26.2 Å². The van der Waals surface area contributed by atoms with Gasteiger partial charge in [0.2, 0.25) is 0 Å². The van der Waals surface area contributed by atoms with Crippen molar-refractivity contribution in [2.24, 2.45) is 9.98 Å².